The van der Waals surface area contributed by atoms with Crippen LogP contribution < -0.4 is 10.2 Å². The number of para-hydroxylation sites is 1. The highest BCUT2D eigenvalue weighted by Gasteiger charge is 2.29. The standard InChI is InChI=1S/C21H19NO4/c1-25-16-8-6-14(7-9-16)15-10-11-22(13-15)21(24)20-12-18(23)17-4-2-3-5-19(17)26-20/h2-9,12,15H,10-11,13H2,1H3/t15-/m1/s1. The van der Waals surface area contributed by atoms with Crippen molar-refractivity contribution in [3.8, 4) is 5.75 Å². The molecule has 1 aliphatic rings. The summed E-state index contributed by atoms with van der Waals surface area (Å²) in [5.41, 5.74) is 1.43. The van der Waals surface area contributed by atoms with Crippen LogP contribution in [0.3, 0.4) is 0 Å². The van der Waals surface area contributed by atoms with Gasteiger partial charge in [-0.3, -0.25) is 9.59 Å². The molecule has 5 heteroatoms. The number of amides is 1. The SMILES string of the molecule is COc1ccc([C@@H]2CCN(C(=O)c3cc(=O)c4ccccc4o3)C2)cc1. The van der Waals surface area contributed by atoms with Crippen molar-refractivity contribution in [1.29, 1.82) is 0 Å². The lowest BCUT2D eigenvalue weighted by molar-refractivity contribution is 0.0760. The molecule has 2 aromatic carbocycles. The van der Waals surface area contributed by atoms with Gasteiger partial charge in [0, 0.05) is 25.1 Å². The van der Waals surface area contributed by atoms with Gasteiger partial charge in [-0.2, -0.15) is 0 Å². The van der Waals surface area contributed by atoms with Crippen molar-refractivity contribution < 1.29 is 13.9 Å². The Hall–Kier alpha value is -3.08. The molecule has 0 unspecified atom stereocenters. The predicted molar refractivity (Wildman–Crippen MR) is 98.7 cm³/mol. The molecule has 0 aliphatic carbocycles. The van der Waals surface area contributed by atoms with Gasteiger partial charge in [0.25, 0.3) is 5.91 Å². The Morgan fingerprint density at radius 1 is 1.15 bits per heavy atom. The normalized spacial score (nSPS) is 16.8. The van der Waals surface area contributed by atoms with Crippen molar-refractivity contribution in [2.45, 2.75) is 12.3 Å². The molecule has 2 heterocycles. The molecular weight excluding hydrogens is 330 g/mol. The number of benzene rings is 2. The van der Waals surface area contributed by atoms with Crippen molar-refractivity contribution in [2.75, 3.05) is 20.2 Å². The van der Waals surface area contributed by atoms with E-state index in [4.69, 9.17) is 9.15 Å². The third-order valence-corrected chi connectivity index (χ3v) is 4.91. The summed E-state index contributed by atoms with van der Waals surface area (Å²) in [6.07, 6.45) is 0.885. The van der Waals surface area contributed by atoms with Gasteiger partial charge < -0.3 is 14.1 Å². The summed E-state index contributed by atoms with van der Waals surface area (Å²) in [4.78, 5) is 26.8. The second-order valence-electron chi connectivity index (χ2n) is 6.48. The van der Waals surface area contributed by atoms with E-state index >= 15 is 0 Å². The summed E-state index contributed by atoms with van der Waals surface area (Å²) >= 11 is 0. The monoisotopic (exact) mass is 349 g/mol. The Labute approximate surface area is 150 Å². The second kappa shape index (κ2) is 6.67. The summed E-state index contributed by atoms with van der Waals surface area (Å²) in [5, 5.41) is 0.488. The van der Waals surface area contributed by atoms with Crippen LogP contribution in [0.5, 0.6) is 5.75 Å². The van der Waals surface area contributed by atoms with Gasteiger partial charge in [0.2, 0.25) is 0 Å². The van der Waals surface area contributed by atoms with Crippen molar-refractivity contribution in [2.24, 2.45) is 0 Å². The van der Waals surface area contributed by atoms with Crippen LogP contribution in [0.1, 0.15) is 28.5 Å². The number of hydrogen-bond acceptors (Lipinski definition) is 4. The number of carbonyl (C=O) groups excluding carboxylic acids is 1. The minimum absolute atomic E-state index is 0.101. The Morgan fingerprint density at radius 2 is 1.92 bits per heavy atom. The molecule has 1 amide bonds. The molecule has 26 heavy (non-hydrogen) atoms. The number of hydrogen-bond donors (Lipinski definition) is 0. The first-order valence-corrected chi connectivity index (χ1v) is 8.62. The van der Waals surface area contributed by atoms with Gasteiger partial charge in [0.15, 0.2) is 11.2 Å². The minimum Gasteiger partial charge on any atom is -0.497 e. The zero-order valence-corrected chi connectivity index (χ0v) is 14.5. The molecular formula is C21H19NO4. The maximum Gasteiger partial charge on any atom is 0.289 e. The summed E-state index contributed by atoms with van der Waals surface area (Å²) in [6.45, 7) is 1.26. The fourth-order valence-electron chi connectivity index (χ4n) is 3.46. The Morgan fingerprint density at radius 3 is 2.69 bits per heavy atom. The van der Waals surface area contributed by atoms with Crippen LogP contribution >= 0.6 is 0 Å². The molecule has 0 N–H and O–H groups in total. The molecule has 0 bridgehead atoms. The van der Waals surface area contributed by atoms with Gasteiger partial charge in [-0.05, 0) is 36.2 Å². The fourth-order valence-corrected chi connectivity index (χ4v) is 3.46. The van der Waals surface area contributed by atoms with E-state index in [-0.39, 0.29) is 23.0 Å². The zero-order chi connectivity index (χ0) is 18.1. The lowest BCUT2D eigenvalue weighted by Crippen LogP contribution is -2.29. The lowest BCUT2D eigenvalue weighted by atomic mass is 9.98. The highest BCUT2D eigenvalue weighted by atomic mass is 16.5. The lowest BCUT2D eigenvalue weighted by Gasteiger charge is -2.16. The maximum atomic E-state index is 12.8. The quantitative estimate of drug-likeness (QED) is 0.727. The first-order chi connectivity index (χ1) is 12.7. The highest BCUT2D eigenvalue weighted by molar-refractivity contribution is 5.93. The van der Waals surface area contributed by atoms with Crippen molar-refractivity contribution in [3.05, 3.63) is 76.1 Å². The molecule has 3 aromatic rings. The van der Waals surface area contributed by atoms with Crippen LogP contribution in [-0.2, 0) is 0 Å². The van der Waals surface area contributed by atoms with Gasteiger partial charge >= 0.3 is 0 Å². The van der Waals surface area contributed by atoms with Crippen LogP contribution in [0.4, 0.5) is 0 Å². The van der Waals surface area contributed by atoms with Gasteiger partial charge in [-0.1, -0.05) is 24.3 Å². The Balaban J connectivity index is 1.55. The average molecular weight is 349 g/mol. The maximum absolute atomic E-state index is 12.8. The second-order valence-corrected chi connectivity index (χ2v) is 6.48. The molecule has 0 saturated carbocycles. The van der Waals surface area contributed by atoms with Crippen LogP contribution in [0.15, 0.2) is 63.8 Å². The molecule has 0 radical (unpaired) electrons. The molecule has 1 aromatic heterocycles. The summed E-state index contributed by atoms with van der Waals surface area (Å²) in [5.74, 6) is 0.961. The molecule has 1 aliphatic heterocycles. The van der Waals surface area contributed by atoms with E-state index < -0.39 is 0 Å². The summed E-state index contributed by atoms with van der Waals surface area (Å²) < 4.78 is 10.9. The Kier molecular flexibility index (Phi) is 4.21. The largest absolute Gasteiger partial charge is 0.497 e. The van der Waals surface area contributed by atoms with Gasteiger partial charge in [0.05, 0.1) is 12.5 Å². The molecule has 4 rings (SSSR count). The number of nitrogens with zero attached hydrogens (tertiary/aromatic N) is 1. The predicted octanol–water partition coefficient (Wildman–Crippen LogP) is 3.43. The van der Waals surface area contributed by atoms with E-state index in [1.54, 1.807) is 36.3 Å². The van der Waals surface area contributed by atoms with Crippen molar-refractivity contribution >= 4 is 16.9 Å². The number of methoxy groups -OCH3 is 1. The zero-order valence-electron chi connectivity index (χ0n) is 14.5. The van der Waals surface area contributed by atoms with Crippen molar-refractivity contribution in [3.63, 3.8) is 0 Å². The summed E-state index contributed by atoms with van der Waals surface area (Å²) in [6, 6.07) is 16.2. The fraction of sp³-hybridized carbons (Fsp3) is 0.238. The number of carbonyl (C=O) groups is 1. The first-order valence-electron chi connectivity index (χ1n) is 8.62. The minimum atomic E-state index is -0.233. The van der Waals surface area contributed by atoms with Gasteiger partial charge in [-0.25, -0.2) is 0 Å². The number of ether oxygens (including phenoxy) is 1. The van der Waals surface area contributed by atoms with Crippen LogP contribution in [-0.4, -0.2) is 31.0 Å². The number of fused-ring (bicyclic) bond motifs is 1. The number of rotatable bonds is 3. The van der Waals surface area contributed by atoms with Crippen LogP contribution in [0.2, 0.25) is 0 Å². The average Bonchev–Trinajstić information content (AvgIpc) is 3.17. The molecule has 1 fully saturated rings. The Bertz CT molecular complexity index is 1010. The summed E-state index contributed by atoms with van der Waals surface area (Å²) in [7, 11) is 1.64. The number of likely N-dealkylation sites (tertiary alicyclic amines) is 1. The molecule has 1 saturated heterocycles. The molecule has 1 atom stereocenters. The van der Waals surface area contributed by atoms with Crippen molar-refractivity contribution in [1.82, 2.24) is 4.90 Å². The highest BCUT2D eigenvalue weighted by Crippen LogP contribution is 2.29. The van der Waals surface area contributed by atoms with E-state index in [9.17, 15) is 9.59 Å². The third kappa shape index (κ3) is 2.96. The molecule has 0 spiro atoms. The third-order valence-electron chi connectivity index (χ3n) is 4.91. The topological polar surface area (TPSA) is 59.8 Å². The van der Waals surface area contributed by atoms with Gasteiger partial charge in [0.1, 0.15) is 11.3 Å². The van der Waals surface area contributed by atoms with E-state index in [1.807, 2.05) is 24.3 Å². The van der Waals surface area contributed by atoms with E-state index in [0.29, 0.717) is 24.1 Å². The molecule has 132 valence electrons. The van der Waals surface area contributed by atoms with E-state index in [1.165, 1.54) is 11.6 Å². The van der Waals surface area contributed by atoms with Gasteiger partial charge in [-0.15, -0.1) is 0 Å². The first kappa shape index (κ1) is 16.4. The van der Waals surface area contributed by atoms with E-state index in [0.717, 1.165) is 12.2 Å². The molecule has 5 nitrogen and oxygen atoms in total. The van der Waals surface area contributed by atoms with Crippen LogP contribution in [0.25, 0.3) is 11.0 Å². The smallest absolute Gasteiger partial charge is 0.289 e. The van der Waals surface area contributed by atoms with Crippen LogP contribution in [0, 0.1) is 0 Å². The van der Waals surface area contributed by atoms with E-state index in [2.05, 4.69) is 0 Å².